The van der Waals surface area contributed by atoms with E-state index in [-0.39, 0.29) is 5.91 Å². The van der Waals surface area contributed by atoms with E-state index in [1.807, 2.05) is 6.07 Å². The molecular formula is C23H21N3O3. The van der Waals surface area contributed by atoms with Crippen LogP contribution in [0.25, 0.3) is 0 Å². The Labute approximate surface area is 169 Å². The largest absolute Gasteiger partial charge is 0.465 e. The molecule has 1 N–H and O–H groups in total. The molecule has 0 unspecified atom stereocenters. The van der Waals surface area contributed by atoms with Crippen LogP contribution in [0.15, 0.2) is 66.9 Å². The van der Waals surface area contributed by atoms with E-state index in [1.165, 1.54) is 18.2 Å². The Hall–Kier alpha value is -3.67. The van der Waals surface area contributed by atoms with Gasteiger partial charge in [-0.1, -0.05) is 36.4 Å². The number of methoxy groups -OCH3 is 1. The molecule has 2 aromatic carbocycles. The number of anilines is 2. The fourth-order valence-electron chi connectivity index (χ4n) is 3.50. The van der Waals surface area contributed by atoms with Crippen LogP contribution in [-0.4, -0.2) is 30.5 Å². The van der Waals surface area contributed by atoms with Gasteiger partial charge in [0.1, 0.15) is 5.82 Å². The standard InChI is InChI=1S/C23H21N3O3/c1-29-23(28)19-8-4-5-9-20(19)25-22(27)17-10-12-24-21(14-17)26-13-11-16-6-2-3-7-18(16)15-26/h2-10,12,14H,11,13,15H2,1H3,(H,25,27). The first-order chi connectivity index (χ1) is 14.2. The van der Waals surface area contributed by atoms with Gasteiger partial charge in [0.2, 0.25) is 0 Å². The molecule has 6 heteroatoms. The van der Waals surface area contributed by atoms with Gasteiger partial charge < -0.3 is 15.0 Å². The number of fused-ring (bicyclic) bond motifs is 1. The van der Waals surface area contributed by atoms with Gasteiger partial charge >= 0.3 is 5.97 Å². The maximum Gasteiger partial charge on any atom is 0.339 e. The maximum absolute atomic E-state index is 12.8. The second-order valence-corrected chi connectivity index (χ2v) is 6.83. The minimum atomic E-state index is -0.497. The van der Waals surface area contributed by atoms with Crippen LogP contribution in [0, 0.1) is 0 Å². The van der Waals surface area contributed by atoms with Crippen molar-refractivity contribution in [2.45, 2.75) is 13.0 Å². The summed E-state index contributed by atoms with van der Waals surface area (Å²) in [5, 5.41) is 2.80. The van der Waals surface area contributed by atoms with E-state index >= 15 is 0 Å². The number of para-hydroxylation sites is 1. The molecule has 0 aliphatic carbocycles. The number of carbonyl (C=O) groups is 2. The molecule has 0 atom stereocenters. The van der Waals surface area contributed by atoms with Gasteiger partial charge in [-0.05, 0) is 41.8 Å². The third-order valence-electron chi connectivity index (χ3n) is 5.04. The van der Waals surface area contributed by atoms with Crippen molar-refractivity contribution in [3.63, 3.8) is 0 Å². The number of esters is 1. The lowest BCUT2D eigenvalue weighted by atomic mass is 10.00. The molecule has 0 saturated heterocycles. The molecule has 146 valence electrons. The Morgan fingerprint density at radius 1 is 1.03 bits per heavy atom. The average Bonchev–Trinajstić information content (AvgIpc) is 2.78. The predicted molar refractivity (Wildman–Crippen MR) is 111 cm³/mol. The van der Waals surface area contributed by atoms with E-state index in [0.717, 1.165) is 25.3 Å². The Bertz CT molecular complexity index is 1060. The second-order valence-electron chi connectivity index (χ2n) is 6.83. The minimum Gasteiger partial charge on any atom is -0.465 e. The number of nitrogens with one attached hydrogen (secondary N) is 1. The van der Waals surface area contributed by atoms with Gasteiger partial charge in [-0.15, -0.1) is 0 Å². The molecular weight excluding hydrogens is 366 g/mol. The molecule has 0 radical (unpaired) electrons. The highest BCUT2D eigenvalue weighted by atomic mass is 16.5. The van der Waals surface area contributed by atoms with Crippen LogP contribution < -0.4 is 10.2 Å². The van der Waals surface area contributed by atoms with Crippen molar-refractivity contribution < 1.29 is 14.3 Å². The van der Waals surface area contributed by atoms with Crippen LogP contribution in [0.1, 0.15) is 31.8 Å². The van der Waals surface area contributed by atoms with Crippen LogP contribution in [0.5, 0.6) is 0 Å². The summed E-state index contributed by atoms with van der Waals surface area (Å²) in [7, 11) is 1.31. The zero-order chi connectivity index (χ0) is 20.2. The Morgan fingerprint density at radius 2 is 1.79 bits per heavy atom. The average molecular weight is 387 g/mol. The fraction of sp³-hybridized carbons (Fsp3) is 0.174. The number of hydrogen-bond acceptors (Lipinski definition) is 5. The van der Waals surface area contributed by atoms with Crippen LogP contribution in [-0.2, 0) is 17.7 Å². The van der Waals surface area contributed by atoms with Gasteiger partial charge in [-0.2, -0.15) is 0 Å². The summed E-state index contributed by atoms with van der Waals surface area (Å²) in [5.41, 5.74) is 3.84. The van der Waals surface area contributed by atoms with Crippen molar-refractivity contribution in [1.82, 2.24) is 4.98 Å². The van der Waals surface area contributed by atoms with Gasteiger partial charge in [0, 0.05) is 24.8 Å². The molecule has 3 aromatic rings. The lowest BCUT2D eigenvalue weighted by Gasteiger charge is -2.29. The molecule has 1 aliphatic rings. The molecule has 0 saturated carbocycles. The topological polar surface area (TPSA) is 71.5 Å². The third kappa shape index (κ3) is 3.96. The predicted octanol–water partition coefficient (Wildman–Crippen LogP) is 3.68. The summed E-state index contributed by atoms with van der Waals surface area (Å²) in [5.74, 6) is -0.0425. The number of hydrogen-bond donors (Lipinski definition) is 1. The molecule has 0 fully saturated rings. The van der Waals surface area contributed by atoms with Gasteiger partial charge in [0.25, 0.3) is 5.91 Å². The van der Waals surface area contributed by atoms with Crippen molar-refractivity contribution in [2.75, 3.05) is 23.9 Å². The first-order valence-electron chi connectivity index (χ1n) is 9.42. The molecule has 1 aromatic heterocycles. The molecule has 0 spiro atoms. The van der Waals surface area contributed by atoms with E-state index in [9.17, 15) is 9.59 Å². The van der Waals surface area contributed by atoms with E-state index in [2.05, 4.69) is 33.4 Å². The molecule has 4 rings (SSSR count). The third-order valence-corrected chi connectivity index (χ3v) is 5.04. The quantitative estimate of drug-likeness (QED) is 0.692. The molecule has 6 nitrogen and oxygen atoms in total. The van der Waals surface area contributed by atoms with Crippen LogP contribution >= 0.6 is 0 Å². The van der Waals surface area contributed by atoms with Crippen molar-refractivity contribution in [3.8, 4) is 0 Å². The number of carbonyl (C=O) groups excluding carboxylic acids is 2. The molecule has 1 amide bonds. The number of rotatable bonds is 4. The van der Waals surface area contributed by atoms with Gasteiger partial charge in [-0.25, -0.2) is 9.78 Å². The van der Waals surface area contributed by atoms with Crippen LogP contribution in [0.4, 0.5) is 11.5 Å². The Balaban J connectivity index is 1.54. The minimum absolute atomic E-state index is 0.303. The molecule has 2 heterocycles. The van der Waals surface area contributed by atoms with Crippen LogP contribution in [0.2, 0.25) is 0 Å². The fourth-order valence-corrected chi connectivity index (χ4v) is 3.50. The Morgan fingerprint density at radius 3 is 2.62 bits per heavy atom. The van der Waals surface area contributed by atoms with Crippen molar-refractivity contribution in [2.24, 2.45) is 0 Å². The highest BCUT2D eigenvalue weighted by Gasteiger charge is 2.19. The zero-order valence-electron chi connectivity index (χ0n) is 16.1. The van der Waals surface area contributed by atoms with E-state index in [4.69, 9.17) is 4.74 Å². The van der Waals surface area contributed by atoms with Crippen molar-refractivity contribution in [1.29, 1.82) is 0 Å². The summed E-state index contributed by atoms with van der Waals surface area (Å²) < 4.78 is 4.78. The smallest absolute Gasteiger partial charge is 0.339 e. The van der Waals surface area contributed by atoms with Crippen molar-refractivity contribution >= 4 is 23.4 Å². The first-order valence-corrected chi connectivity index (χ1v) is 9.42. The van der Waals surface area contributed by atoms with Gasteiger partial charge in [-0.3, -0.25) is 4.79 Å². The highest BCUT2D eigenvalue weighted by molar-refractivity contribution is 6.08. The van der Waals surface area contributed by atoms with Gasteiger partial charge in [0.15, 0.2) is 0 Å². The summed E-state index contributed by atoms with van der Waals surface area (Å²) in [4.78, 5) is 31.3. The maximum atomic E-state index is 12.8. The SMILES string of the molecule is COC(=O)c1ccccc1NC(=O)c1ccnc(N2CCc3ccccc3C2)c1. The number of benzene rings is 2. The zero-order valence-corrected chi connectivity index (χ0v) is 16.1. The van der Waals surface area contributed by atoms with E-state index < -0.39 is 5.97 Å². The number of pyridine rings is 1. The van der Waals surface area contributed by atoms with E-state index in [1.54, 1.807) is 42.6 Å². The van der Waals surface area contributed by atoms with Gasteiger partial charge in [0.05, 0.1) is 18.4 Å². The number of aromatic nitrogens is 1. The lowest BCUT2D eigenvalue weighted by Crippen LogP contribution is -2.31. The lowest BCUT2D eigenvalue weighted by molar-refractivity contribution is 0.0602. The molecule has 29 heavy (non-hydrogen) atoms. The number of ether oxygens (including phenoxy) is 1. The molecule has 0 bridgehead atoms. The summed E-state index contributed by atoms with van der Waals surface area (Å²) >= 11 is 0. The van der Waals surface area contributed by atoms with E-state index in [0.29, 0.717) is 16.8 Å². The number of amides is 1. The Kier molecular flexibility index (Phi) is 5.24. The number of nitrogens with zero attached hydrogens (tertiary/aromatic N) is 2. The summed E-state index contributed by atoms with van der Waals surface area (Å²) in [6.45, 7) is 1.61. The monoisotopic (exact) mass is 387 g/mol. The van der Waals surface area contributed by atoms with Crippen molar-refractivity contribution in [3.05, 3.63) is 89.1 Å². The second kappa shape index (κ2) is 8.14. The molecule has 1 aliphatic heterocycles. The summed E-state index contributed by atoms with van der Waals surface area (Å²) in [6.07, 6.45) is 2.58. The first kappa shape index (κ1) is 18.7. The van der Waals surface area contributed by atoms with Crippen LogP contribution in [0.3, 0.4) is 0 Å². The summed E-state index contributed by atoms with van der Waals surface area (Å²) in [6, 6.07) is 18.6. The normalized spacial score (nSPS) is 12.8. The highest BCUT2D eigenvalue weighted by Crippen LogP contribution is 2.24.